The zero-order chi connectivity index (χ0) is 31.3. The van der Waals surface area contributed by atoms with E-state index in [1.54, 1.807) is 14.2 Å². The zero-order valence-electron chi connectivity index (χ0n) is 26.7. The lowest BCUT2D eigenvalue weighted by Crippen LogP contribution is -2.32. The topological polar surface area (TPSA) is 104 Å². The van der Waals surface area contributed by atoms with Crippen LogP contribution in [0.2, 0.25) is 0 Å². The highest BCUT2D eigenvalue weighted by Crippen LogP contribution is 2.34. The smallest absolute Gasteiger partial charge is 0.305 e. The van der Waals surface area contributed by atoms with E-state index in [1.807, 2.05) is 54.5 Å². The summed E-state index contributed by atoms with van der Waals surface area (Å²) in [4.78, 5) is 23.4. The fourth-order valence-corrected chi connectivity index (χ4v) is 5.05. The van der Waals surface area contributed by atoms with Gasteiger partial charge in [-0.15, -0.1) is 0 Å². The Morgan fingerprint density at radius 2 is 1.68 bits per heavy atom. The highest BCUT2D eigenvalue weighted by molar-refractivity contribution is 5.82. The van der Waals surface area contributed by atoms with Crippen molar-refractivity contribution >= 4 is 28.4 Å². The van der Waals surface area contributed by atoms with Gasteiger partial charge >= 0.3 is 5.97 Å². The standard InChI is InChI=1S/C34H46N6O4/c1-6-44-34(41)12-10-8-7-9-11-16-39-24-26(22-37-39)33-23-36-31-14-13-27(20-32(31)38-33)40(17-15-35-25(2)3)28-18-29(42-4)21-30(19-28)43-5/h13-14,18-25,35H,6-12,15-17H2,1-5H3. The number of nitrogens with zero attached hydrogens (tertiary/aromatic N) is 5. The Morgan fingerprint density at radius 3 is 2.41 bits per heavy atom. The largest absolute Gasteiger partial charge is 0.497 e. The molecule has 0 unspecified atom stereocenters. The first kappa shape index (κ1) is 32.7. The maximum absolute atomic E-state index is 11.5. The first-order valence-corrected chi connectivity index (χ1v) is 15.6. The Labute approximate surface area is 260 Å². The van der Waals surface area contributed by atoms with Gasteiger partial charge in [0.2, 0.25) is 0 Å². The number of aryl methyl sites for hydroxylation is 1. The molecule has 1 N–H and O–H groups in total. The summed E-state index contributed by atoms with van der Waals surface area (Å²) in [6.45, 7) is 8.96. The number of ether oxygens (including phenoxy) is 3. The van der Waals surface area contributed by atoms with E-state index >= 15 is 0 Å². The Balaban J connectivity index is 1.46. The van der Waals surface area contributed by atoms with Crippen LogP contribution in [0.15, 0.2) is 55.0 Å². The number of carbonyl (C=O) groups excluding carboxylic acids is 1. The van der Waals surface area contributed by atoms with Gasteiger partial charge in [0.05, 0.1) is 49.9 Å². The molecule has 4 aromatic rings. The number of hydrogen-bond acceptors (Lipinski definition) is 9. The molecule has 4 rings (SSSR count). The van der Waals surface area contributed by atoms with Crippen molar-refractivity contribution in [2.24, 2.45) is 0 Å². The molecule has 10 heteroatoms. The van der Waals surface area contributed by atoms with Crippen molar-refractivity contribution in [1.29, 1.82) is 0 Å². The van der Waals surface area contributed by atoms with Gasteiger partial charge in [0, 0.05) is 73.4 Å². The molecule has 0 aliphatic rings. The van der Waals surface area contributed by atoms with Gasteiger partial charge in [-0.05, 0) is 38.0 Å². The third kappa shape index (κ3) is 9.41. The first-order chi connectivity index (χ1) is 21.4. The molecule has 0 saturated carbocycles. The van der Waals surface area contributed by atoms with E-state index in [-0.39, 0.29) is 5.97 Å². The summed E-state index contributed by atoms with van der Waals surface area (Å²) >= 11 is 0. The van der Waals surface area contributed by atoms with Gasteiger partial charge in [0.1, 0.15) is 11.5 Å². The van der Waals surface area contributed by atoms with Crippen LogP contribution in [0.25, 0.3) is 22.3 Å². The fourth-order valence-electron chi connectivity index (χ4n) is 5.05. The molecule has 0 aliphatic carbocycles. The summed E-state index contributed by atoms with van der Waals surface area (Å²) in [5.74, 6) is 1.36. The van der Waals surface area contributed by atoms with Gasteiger partial charge in [-0.25, -0.2) is 4.98 Å². The minimum Gasteiger partial charge on any atom is -0.497 e. The molecule has 236 valence electrons. The first-order valence-electron chi connectivity index (χ1n) is 15.6. The van der Waals surface area contributed by atoms with Crippen LogP contribution in [0.3, 0.4) is 0 Å². The number of unbranched alkanes of at least 4 members (excludes halogenated alkanes) is 4. The van der Waals surface area contributed by atoms with Gasteiger partial charge in [0.25, 0.3) is 0 Å². The minimum atomic E-state index is -0.0987. The number of fused-ring (bicyclic) bond motifs is 1. The highest BCUT2D eigenvalue weighted by Gasteiger charge is 2.15. The van der Waals surface area contributed by atoms with Crippen LogP contribution in [0.1, 0.15) is 59.3 Å². The summed E-state index contributed by atoms with van der Waals surface area (Å²) in [5.41, 5.74) is 5.34. The summed E-state index contributed by atoms with van der Waals surface area (Å²) in [6.07, 6.45) is 11.3. The van der Waals surface area contributed by atoms with E-state index in [9.17, 15) is 4.79 Å². The van der Waals surface area contributed by atoms with Crippen LogP contribution in [-0.4, -0.2) is 65.7 Å². The van der Waals surface area contributed by atoms with Gasteiger partial charge in [-0.3, -0.25) is 14.5 Å². The molecule has 2 heterocycles. The van der Waals surface area contributed by atoms with Crippen LogP contribution in [-0.2, 0) is 16.1 Å². The average molecular weight is 603 g/mol. The van der Waals surface area contributed by atoms with Gasteiger partial charge < -0.3 is 24.4 Å². The predicted molar refractivity (Wildman–Crippen MR) is 175 cm³/mol. The molecule has 0 spiro atoms. The molecular weight excluding hydrogens is 556 g/mol. The van der Waals surface area contributed by atoms with E-state index in [0.29, 0.717) is 19.1 Å². The monoisotopic (exact) mass is 602 g/mol. The van der Waals surface area contributed by atoms with Crippen LogP contribution in [0.4, 0.5) is 11.4 Å². The molecule has 0 bridgehead atoms. The molecule has 10 nitrogen and oxygen atoms in total. The summed E-state index contributed by atoms with van der Waals surface area (Å²) in [5, 5.41) is 8.08. The van der Waals surface area contributed by atoms with Crippen LogP contribution >= 0.6 is 0 Å². The second-order valence-corrected chi connectivity index (χ2v) is 11.1. The Morgan fingerprint density at radius 1 is 0.932 bits per heavy atom. The van der Waals surface area contributed by atoms with E-state index in [0.717, 1.165) is 96.9 Å². The number of hydrogen-bond donors (Lipinski definition) is 1. The molecule has 2 aromatic carbocycles. The average Bonchev–Trinajstić information content (AvgIpc) is 3.51. The summed E-state index contributed by atoms with van der Waals surface area (Å²) in [7, 11) is 3.32. The summed E-state index contributed by atoms with van der Waals surface area (Å²) in [6, 6.07) is 12.5. The quantitative estimate of drug-likeness (QED) is 0.100. The van der Waals surface area contributed by atoms with Crippen molar-refractivity contribution in [3.05, 3.63) is 55.0 Å². The minimum absolute atomic E-state index is 0.0987. The molecule has 0 aliphatic heterocycles. The van der Waals surface area contributed by atoms with E-state index in [4.69, 9.17) is 24.2 Å². The molecule has 44 heavy (non-hydrogen) atoms. The zero-order valence-corrected chi connectivity index (χ0v) is 26.7. The Hall–Kier alpha value is -4.18. The van der Waals surface area contributed by atoms with Crippen molar-refractivity contribution < 1.29 is 19.0 Å². The third-order valence-electron chi connectivity index (χ3n) is 7.38. The number of aromatic nitrogens is 4. The van der Waals surface area contributed by atoms with Gasteiger partial charge in [0.15, 0.2) is 0 Å². The molecular formula is C34H46N6O4. The second-order valence-electron chi connectivity index (χ2n) is 11.1. The maximum Gasteiger partial charge on any atom is 0.305 e. The maximum atomic E-state index is 11.5. The summed E-state index contributed by atoms with van der Waals surface area (Å²) < 4.78 is 18.1. The van der Waals surface area contributed by atoms with Crippen molar-refractivity contribution in [3.8, 4) is 22.8 Å². The van der Waals surface area contributed by atoms with Crippen molar-refractivity contribution in [2.75, 3.05) is 38.8 Å². The van der Waals surface area contributed by atoms with Crippen LogP contribution in [0.5, 0.6) is 11.5 Å². The van der Waals surface area contributed by atoms with Gasteiger partial charge in [-0.2, -0.15) is 5.10 Å². The molecule has 0 amide bonds. The molecule has 0 radical (unpaired) electrons. The number of rotatable bonds is 18. The van der Waals surface area contributed by atoms with Gasteiger partial charge in [-0.1, -0.05) is 33.1 Å². The SMILES string of the molecule is CCOC(=O)CCCCCCCn1cc(-c2cnc3ccc(N(CCNC(C)C)c4cc(OC)cc(OC)c4)cc3n2)cn1. The predicted octanol–water partition coefficient (Wildman–Crippen LogP) is 6.55. The molecule has 0 fully saturated rings. The lowest BCUT2D eigenvalue weighted by molar-refractivity contribution is -0.143. The Bertz CT molecular complexity index is 1470. The number of nitrogens with one attached hydrogen (secondary N) is 1. The lowest BCUT2D eigenvalue weighted by atomic mass is 10.1. The molecule has 2 aromatic heterocycles. The lowest BCUT2D eigenvalue weighted by Gasteiger charge is -2.27. The van der Waals surface area contributed by atoms with Crippen LogP contribution in [0, 0.1) is 0 Å². The van der Waals surface area contributed by atoms with Crippen molar-refractivity contribution in [3.63, 3.8) is 0 Å². The fraction of sp³-hybridized carbons (Fsp3) is 0.471. The number of esters is 1. The highest BCUT2D eigenvalue weighted by atomic mass is 16.5. The van der Waals surface area contributed by atoms with Crippen molar-refractivity contribution in [1.82, 2.24) is 25.1 Å². The normalized spacial score (nSPS) is 11.2. The molecule has 0 saturated heterocycles. The van der Waals surface area contributed by atoms with Crippen molar-refractivity contribution in [2.45, 2.75) is 71.9 Å². The third-order valence-corrected chi connectivity index (χ3v) is 7.38. The number of benzene rings is 2. The number of carbonyl (C=O) groups is 1. The Kier molecular flexibility index (Phi) is 12.4. The molecule has 0 atom stereocenters. The van der Waals surface area contributed by atoms with E-state index < -0.39 is 0 Å². The van der Waals surface area contributed by atoms with E-state index in [1.165, 1.54) is 0 Å². The second kappa shape index (κ2) is 16.6. The van der Waals surface area contributed by atoms with Crippen LogP contribution < -0.4 is 19.7 Å². The number of methoxy groups -OCH3 is 2. The van der Waals surface area contributed by atoms with E-state index in [2.05, 4.69) is 41.3 Å². The number of anilines is 2.